The van der Waals surface area contributed by atoms with Crippen LogP contribution in [0.1, 0.15) is 33.4 Å². The maximum Gasteiger partial charge on any atom is 0.265 e. The molecule has 1 aromatic carbocycles. The van der Waals surface area contributed by atoms with Gasteiger partial charge < -0.3 is 10.1 Å². The number of nitrogens with zero attached hydrogens (tertiary/aromatic N) is 2. The van der Waals surface area contributed by atoms with Crippen LogP contribution >= 0.6 is 0 Å². The highest BCUT2D eigenvalue weighted by Crippen LogP contribution is 2.32. The molecule has 0 spiro atoms. The van der Waals surface area contributed by atoms with Gasteiger partial charge in [0, 0.05) is 31.3 Å². The fourth-order valence-corrected chi connectivity index (χ4v) is 3.90. The second-order valence-corrected chi connectivity index (χ2v) is 8.62. The zero-order valence-electron chi connectivity index (χ0n) is 15.7. The molecule has 2 aromatic rings. The van der Waals surface area contributed by atoms with Crippen molar-refractivity contribution in [3.63, 3.8) is 0 Å². The smallest absolute Gasteiger partial charge is 0.265 e. The van der Waals surface area contributed by atoms with Gasteiger partial charge in [-0.15, -0.1) is 0 Å². The Morgan fingerprint density at radius 2 is 1.92 bits per heavy atom. The largest absolute Gasteiger partial charge is 0.495 e. The molecule has 1 heterocycles. The standard InChI is InChI=1S/C17H24N4O4S/c1-11(22)18-12-7-8-14(25-6)13(9-12)20-26(23,24)15-10-21(5)19-16(15)17(2,3)4/h7-10,20H,1-6H3,(H,18,22). The first-order valence-corrected chi connectivity index (χ1v) is 9.45. The quantitative estimate of drug-likeness (QED) is 0.830. The van der Waals surface area contributed by atoms with Crippen LogP contribution in [-0.2, 0) is 27.3 Å². The number of carbonyl (C=O) groups excluding carboxylic acids is 1. The lowest BCUT2D eigenvalue weighted by Gasteiger charge is -2.18. The molecule has 0 aliphatic rings. The molecule has 0 radical (unpaired) electrons. The third-order valence-corrected chi connectivity index (χ3v) is 4.93. The van der Waals surface area contributed by atoms with Crippen LogP contribution in [0.3, 0.4) is 0 Å². The number of carbonyl (C=O) groups is 1. The van der Waals surface area contributed by atoms with Crippen molar-refractivity contribution >= 4 is 27.3 Å². The number of rotatable bonds is 5. The van der Waals surface area contributed by atoms with Gasteiger partial charge in [0.1, 0.15) is 10.6 Å². The summed E-state index contributed by atoms with van der Waals surface area (Å²) in [5.41, 5.74) is 0.693. The van der Waals surface area contributed by atoms with Crippen LogP contribution in [0, 0.1) is 0 Å². The summed E-state index contributed by atoms with van der Waals surface area (Å²) in [4.78, 5) is 11.3. The van der Waals surface area contributed by atoms with E-state index in [0.717, 1.165) is 0 Å². The molecule has 0 bridgehead atoms. The van der Waals surface area contributed by atoms with Gasteiger partial charge in [-0.3, -0.25) is 14.2 Å². The number of aromatic nitrogens is 2. The number of sulfonamides is 1. The van der Waals surface area contributed by atoms with Crippen molar-refractivity contribution < 1.29 is 17.9 Å². The van der Waals surface area contributed by atoms with Crippen LogP contribution in [0.15, 0.2) is 29.3 Å². The lowest BCUT2D eigenvalue weighted by atomic mass is 9.92. The molecule has 1 amide bonds. The van der Waals surface area contributed by atoms with Gasteiger partial charge in [-0.05, 0) is 18.2 Å². The van der Waals surface area contributed by atoms with Crippen molar-refractivity contribution in [3.05, 3.63) is 30.1 Å². The molecule has 0 unspecified atom stereocenters. The Balaban J connectivity index is 2.49. The van der Waals surface area contributed by atoms with E-state index >= 15 is 0 Å². The highest BCUT2D eigenvalue weighted by molar-refractivity contribution is 7.92. The average molecular weight is 380 g/mol. The highest BCUT2D eigenvalue weighted by atomic mass is 32.2. The van der Waals surface area contributed by atoms with Crippen LogP contribution in [0.4, 0.5) is 11.4 Å². The molecule has 0 saturated carbocycles. The summed E-state index contributed by atoms with van der Waals surface area (Å²) in [5.74, 6) is 0.0788. The lowest BCUT2D eigenvalue weighted by molar-refractivity contribution is -0.114. The first kappa shape index (κ1) is 19.8. The van der Waals surface area contributed by atoms with Crippen molar-refractivity contribution in [2.24, 2.45) is 7.05 Å². The number of benzene rings is 1. The predicted molar refractivity (Wildman–Crippen MR) is 100 cm³/mol. The molecular formula is C17H24N4O4S. The fraction of sp³-hybridized carbons (Fsp3) is 0.412. The number of ether oxygens (including phenoxy) is 1. The summed E-state index contributed by atoms with van der Waals surface area (Å²) in [7, 11) is -0.797. The van der Waals surface area contributed by atoms with Crippen molar-refractivity contribution in [3.8, 4) is 5.75 Å². The van der Waals surface area contributed by atoms with Gasteiger partial charge in [0.25, 0.3) is 10.0 Å². The minimum Gasteiger partial charge on any atom is -0.495 e. The minimum atomic E-state index is -3.91. The Labute approximate surface area is 153 Å². The molecule has 2 N–H and O–H groups in total. The number of nitrogens with one attached hydrogen (secondary N) is 2. The molecule has 8 nitrogen and oxygen atoms in total. The van der Waals surface area contributed by atoms with Gasteiger partial charge in [-0.25, -0.2) is 8.42 Å². The van der Waals surface area contributed by atoms with E-state index in [-0.39, 0.29) is 16.5 Å². The highest BCUT2D eigenvalue weighted by Gasteiger charge is 2.30. The SMILES string of the molecule is COc1ccc(NC(C)=O)cc1NS(=O)(=O)c1cn(C)nc1C(C)(C)C. The van der Waals surface area contributed by atoms with Gasteiger partial charge in [0.2, 0.25) is 5.91 Å². The van der Waals surface area contributed by atoms with Crippen LogP contribution < -0.4 is 14.8 Å². The van der Waals surface area contributed by atoms with E-state index in [1.807, 2.05) is 20.8 Å². The Hall–Kier alpha value is -2.55. The van der Waals surface area contributed by atoms with E-state index in [2.05, 4.69) is 15.1 Å². The third-order valence-electron chi connectivity index (χ3n) is 3.56. The summed E-state index contributed by atoms with van der Waals surface area (Å²) >= 11 is 0. The van der Waals surface area contributed by atoms with Gasteiger partial charge in [-0.2, -0.15) is 5.10 Å². The average Bonchev–Trinajstić information content (AvgIpc) is 2.90. The second-order valence-electron chi connectivity index (χ2n) is 6.97. The number of hydrogen-bond donors (Lipinski definition) is 2. The van der Waals surface area contributed by atoms with Crippen molar-refractivity contribution in [1.82, 2.24) is 9.78 Å². The van der Waals surface area contributed by atoms with Gasteiger partial charge in [0.15, 0.2) is 0 Å². The van der Waals surface area contributed by atoms with Crippen LogP contribution in [0.2, 0.25) is 0 Å². The van der Waals surface area contributed by atoms with Crippen LogP contribution in [0.25, 0.3) is 0 Å². The Bertz CT molecular complexity index is 927. The Morgan fingerprint density at radius 1 is 1.27 bits per heavy atom. The summed E-state index contributed by atoms with van der Waals surface area (Å²) in [6, 6.07) is 4.71. The molecule has 0 atom stereocenters. The molecule has 2 rings (SSSR count). The van der Waals surface area contributed by atoms with E-state index in [4.69, 9.17) is 4.74 Å². The summed E-state index contributed by atoms with van der Waals surface area (Å²) in [5, 5.41) is 6.91. The first-order valence-electron chi connectivity index (χ1n) is 7.96. The maximum absolute atomic E-state index is 13.0. The first-order chi connectivity index (χ1) is 11.9. The third kappa shape index (κ3) is 4.34. The number of aryl methyl sites for hydroxylation is 1. The zero-order valence-corrected chi connectivity index (χ0v) is 16.6. The molecule has 26 heavy (non-hydrogen) atoms. The van der Waals surface area contributed by atoms with E-state index in [1.165, 1.54) is 31.0 Å². The van der Waals surface area contributed by atoms with Gasteiger partial charge >= 0.3 is 0 Å². The van der Waals surface area contributed by atoms with E-state index < -0.39 is 15.4 Å². The van der Waals surface area contributed by atoms with Gasteiger partial charge in [-0.1, -0.05) is 20.8 Å². The lowest BCUT2D eigenvalue weighted by Crippen LogP contribution is -2.20. The summed E-state index contributed by atoms with van der Waals surface area (Å²) in [6.07, 6.45) is 1.47. The molecule has 0 aliphatic carbocycles. The Kier molecular flexibility index (Phi) is 5.31. The monoisotopic (exact) mass is 380 g/mol. The molecule has 0 fully saturated rings. The van der Waals surface area contributed by atoms with Crippen LogP contribution in [0.5, 0.6) is 5.75 Å². The van der Waals surface area contributed by atoms with Crippen molar-refractivity contribution in [2.45, 2.75) is 38.0 Å². The summed E-state index contributed by atoms with van der Waals surface area (Å²) in [6.45, 7) is 7.06. The fourth-order valence-electron chi connectivity index (χ4n) is 2.45. The Morgan fingerprint density at radius 3 is 2.46 bits per heavy atom. The predicted octanol–water partition coefficient (Wildman–Crippen LogP) is 2.49. The topological polar surface area (TPSA) is 102 Å². The van der Waals surface area contributed by atoms with E-state index in [0.29, 0.717) is 17.1 Å². The molecular weight excluding hydrogens is 356 g/mol. The number of anilines is 2. The maximum atomic E-state index is 13.0. The number of methoxy groups -OCH3 is 1. The van der Waals surface area contributed by atoms with E-state index in [1.54, 1.807) is 19.2 Å². The van der Waals surface area contributed by atoms with Crippen molar-refractivity contribution in [2.75, 3.05) is 17.1 Å². The van der Waals surface area contributed by atoms with Crippen molar-refractivity contribution in [1.29, 1.82) is 0 Å². The number of hydrogen-bond acceptors (Lipinski definition) is 5. The van der Waals surface area contributed by atoms with Crippen LogP contribution in [-0.4, -0.2) is 31.2 Å². The van der Waals surface area contributed by atoms with Gasteiger partial charge in [0.05, 0.1) is 18.5 Å². The normalized spacial score (nSPS) is 11.9. The molecule has 0 aliphatic heterocycles. The number of amides is 1. The zero-order chi connectivity index (χ0) is 19.7. The van der Waals surface area contributed by atoms with E-state index in [9.17, 15) is 13.2 Å². The summed E-state index contributed by atoms with van der Waals surface area (Å²) < 4.78 is 35.2. The minimum absolute atomic E-state index is 0.0967. The molecule has 1 aromatic heterocycles. The molecule has 0 saturated heterocycles. The second kappa shape index (κ2) is 6.99. The molecule has 142 valence electrons. The molecule has 9 heteroatoms.